The summed E-state index contributed by atoms with van der Waals surface area (Å²) in [5.41, 5.74) is 0.404. The standard InChI is InChI=1S/C12H20N6O/c1-17(9-2-3-9)5-4-14-12(19)11-8-18(16-15-11)10-6-13-7-10/h8-10,13H,2-7H2,1H3,(H,14,19). The Morgan fingerprint density at radius 2 is 2.37 bits per heavy atom. The Hall–Kier alpha value is -1.47. The Labute approximate surface area is 112 Å². The minimum absolute atomic E-state index is 0.136. The molecule has 2 heterocycles. The van der Waals surface area contributed by atoms with Gasteiger partial charge in [-0.2, -0.15) is 0 Å². The quantitative estimate of drug-likeness (QED) is 0.707. The molecule has 1 aromatic rings. The maximum atomic E-state index is 11.9. The van der Waals surface area contributed by atoms with Crippen LogP contribution in [0.2, 0.25) is 0 Å². The lowest BCUT2D eigenvalue weighted by Crippen LogP contribution is -2.43. The van der Waals surface area contributed by atoms with Crippen molar-refractivity contribution in [1.82, 2.24) is 30.5 Å². The summed E-state index contributed by atoms with van der Waals surface area (Å²) in [4.78, 5) is 14.2. The minimum Gasteiger partial charge on any atom is -0.349 e. The minimum atomic E-state index is -0.136. The summed E-state index contributed by atoms with van der Waals surface area (Å²) in [5, 5.41) is 14.0. The van der Waals surface area contributed by atoms with Crippen LogP contribution in [0.25, 0.3) is 0 Å². The molecule has 0 radical (unpaired) electrons. The molecule has 0 aromatic carbocycles. The third-order valence-corrected chi connectivity index (χ3v) is 3.80. The lowest BCUT2D eigenvalue weighted by Gasteiger charge is -2.26. The van der Waals surface area contributed by atoms with Crippen LogP contribution in [0.3, 0.4) is 0 Å². The van der Waals surface area contributed by atoms with Gasteiger partial charge in [0.25, 0.3) is 5.91 Å². The number of hydrogen-bond donors (Lipinski definition) is 2. The highest BCUT2D eigenvalue weighted by molar-refractivity contribution is 5.91. The molecule has 7 heteroatoms. The molecule has 1 aromatic heterocycles. The van der Waals surface area contributed by atoms with Gasteiger partial charge in [-0.3, -0.25) is 4.79 Å². The normalized spacial score (nSPS) is 19.5. The number of hydrogen-bond acceptors (Lipinski definition) is 5. The first kappa shape index (κ1) is 12.6. The topological polar surface area (TPSA) is 75.1 Å². The average molecular weight is 264 g/mol. The summed E-state index contributed by atoms with van der Waals surface area (Å²) in [7, 11) is 2.10. The molecular weight excluding hydrogens is 244 g/mol. The summed E-state index contributed by atoms with van der Waals surface area (Å²) in [5.74, 6) is -0.136. The highest BCUT2D eigenvalue weighted by atomic mass is 16.2. The molecule has 1 aliphatic heterocycles. The summed E-state index contributed by atoms with van der Waals surface area (Å²) >= 11 is 0. The fourth-order valence-corrected chi connectivity index (χ4v) is 2.15. The van der Waals surface area contributed by atoms with Crippen LogP contribution in [0.15, 0.2) is 6.20 Å². The second kappa shape index (κ2) is 5.26. The Bertz CT molecular complexity index is 451. The van der Waals surface area contributed by atoms with E-state index in [2.05, 4.69) is 32.9 Å². The zero-order valence-electron chi connectivity index (χ0n) is 11.2. The smallest absolute Gasteiger partial charge is 0.273 e. The molecule has 0 spiro atoms. The Kier molecular flexibility index (Phi) is 3.48. The number of rotatable bonds is 6. The van der Waals surface area contributed by atoms with Crippen molar-refractivity contribution in [3.8, 4) is 0 Å². The SMILES string of the molecule is CN(CCNC(=O)c1cn(C2CNC2)nn1)C1CC1. The lowest BCUT2D eigenvalue weighted by atomic mass is 10.2. The molecule has 19 heavy (non-hydrogen) atoms. The molecule has 0 bridgehead atoms. The van der Waals surface area contributed by atoms with Gasteiger partial charge in [0.15, 0.2) is 5.69 Å². The number of amides is 1. The van der Waals surface area contributed by atoms with Crippen molar-refractivity contribution in [2.75, 3.05) is 33.2 Å². The van der Waals surface area contributed by atoms with Crippen LogP contribution in [0.1, 0.15) is 29.4 Å². The van der Waals surface area contributed by atoms with Gasteiger partial charge in [-0.1, -0.05) is 5.21 Å². The van der Waals surface area contributed by atoms with E-state index < -0.39 is 0 Å². The van der Waals surface area contributed by atoms with Gasteiger partial charge in [-0.25, -0.2) is 4.68 Å². The van der Waals surface area contributed by atoms with Crippen LogP contribution in [-0.4, -0.2) is 65.1 Å². The van der Waals surface area contributed by atoms with Crippen molar-refractivity contribution in [3.05, 3.63) is 11.9 Å². The van der Waals surface area contributed by atoms with Gasteiger partial charge in [-0.15, -0.1) is 5.10 Å². The molecule has 1 saturated heterocycles. The highest BCUT2D eigenvalue weighted by Gasteiger charge is 2.25. The van der Waals surface area contributed by atoms with E-state index in [0.29, 0.717) is 18.3 Å². The number of likely N-dealkylation sites (N-methyl/N-ethyl adjacent to an activating group) is 1. The second-order valence-corrected chi connectivity index (χ2v) is 5.36. The molecular formula is C12H20N6O. The highest BCUT2D eigenvalue weighted by Crippen LogP contribution is 2.24. The summed E-state index contributed by atoms with van der Waals surface area (Å²) in [6.07, 6.45) is 4.30. The zero-order chi connectivity index (χ0) is 13.2. The summed E-state index contributed by atoms with van der Waals surface area (Å²) < 4.78 is 1.77. The third-order valence-electron chi connectivity index (χ3n) is 3.80. The summed E-state index contributed by atoms with van der Waals surface area (Å²) in [6.45, 7) is 3.34. The Balaban J connectivity index is 1.45. The van der Waals surface area contributed by atoms with Crippen LogP contribution < -0.4 is 10.6 Å². The van der Waals surface area contributed by atoms with Gasteiger partial charge < -0.3 is 15.5 Å². The number of carbonyl (C=O) groups is 1. The van der Waals surface area contributed by atoms with E-state index in [9.17, 15) is 4.79 Å². The number of nitrogens with zero attached hydrogens (tertiary/aromatic N) is 4. The Morgan fingerprint density at radius 3 is 3.00 bits per heavy atom. The number of aromatic nitrogens is 3. The van der Waals surface area contributed by atoms with Gasteiger partial charge in [0.2, 0.25) is 0 Å². The predicted molar refractivity (Wildman–Crippen MR) is 69.9 cm³/mol. The first-order chi connectivity index (χ1) is 9.24. The maximum absolute atomic E-state index is 11.9. The van der Waals surface area contributed by atoms with Crippen LogP contribution >= 0.6 is 0 Å². The molecule has 3 rings (SSSR count). The summed E-state index contributed by atoms with van der Waals surface area (Å²) in [6, 6.07) is 1.07. The largest absolute Gasteiger partial charge is 0.349 e. The van der Waals surface area contributed by atoms with Gasteiger partial charge in [0.05, 0.1) is 12.2 Å². The predicted octanol–water partition coefficient (Wildman–Crippen LogP) is -0.754. The molecule has 2 aliphatic rings. The third kappa shape index (κ3) is 2.93. The van der Waals surface area contributed by atoms with Crippen molar-refractivity contribution >= 4 is 5.91 Å². The van der Waals surface area contributed by atoms with Crippen LogP contribution in [0, 0.1) is 0 Å². The number of nitrogens with one attached hydrogen (secondary N) is 2. The van der Waals surface area contributed by atoms with E-state index in [1.54, 1.807) is 10.9 Å². The average Bonchev–Trinajstić information content (AvgIpc) is 3.07. The molecule has 1 saturated carbocycles. The van der Waals surface area contributed by atoms with Gasteiger partial charge in [-0.05, 0) is 19.9 Å². The lowest BCUT2D eigenvalue weighted by molar-refractivity contribution is 0.0944. The monoisotopic (exact) mass is 264 g/mol. The van der Waals surface area contributed by atoms with E-state index in [1.165, 1.54) is 12.8 Å². The molecule has 7 nitrogen and oxygen atoms in total. The molecule has 2 fully saturated rings. The van der Waals surface area contributed by atoms with Crippen LogP contribution in [0.5, 0.6) is 0 Å². The van der Waals surface area contributed by atoms with E-state index >= 15 is 0 Å². The van der Waals surface area contributed by atoms with Crippen molar-refractivity contribution in [2.45, 2.75) is 24.9 Å². The molecule has 1 aliphatic carbocycles. The zero-order valence-corrected chi connectivity index (χ0v) is 11.2. The number of carbonyl (C=O) groups excluding carboxylic acids is 1. The fraction of sp³-hybridized carbons (Fsp3) is 0.750. The van der Waals surface area contributed by atoms with Crippen LogP contribution in [-0.2, 0) is 0 Å². The van der Waals surface area contributed by atoms with Gasteiger partial charge >= 0.3 is 0 Å². The van der Waals surface area contributed by atoms with E-state index in [1.807, 2.05) is 0 Å². The van der Waals surface area contributed by atoms with Crippen LogP contribution in [0.4, 0.5) is 0 Å². The second-order valence-electron chi connectivity index (χ2n) is 5.36. The fourth-order valence-electron chi connectivity index (χ4n) is 2.15. The molecule has 104 valence electrons. The molecule has 1 amide bonds. The van der Waals surface area contributed by atoms with Crippen molar-refractivity contribution in [3.63, 3.8) is 0 Å². The first-order valence-electron chi connectivity index (χ1n) is 6.85. The van der Waals surface area contributed by atoms with Gasteiger partial charge in [0, 0.05) is 32.2 Å². The Morgan fingerprint density at radius 1 is 1.58 bits per heavy atom. The first-order valence-corrected chi connectivity index (χ1v) is 6.85. The van der Waals surface area contributed by atoms with Gasteiger partial charge in [0.1, 0.15) is 0 Å². The van der Waals surface area contributed by atoms with E-state index in [-0.39, 0.29) is 5.91 Å². The molecule has 2 N–H and O–H groups in total. The molecule has 0 unspecified atom stereocenters. The van der Waals surface area contributed by atoms with Crippen molar-refractivity contribution in [1.29, 1.82) is 0 Å². The van der Waals surface area contributed by atoms with E-state index in [4.69, 9.17) is 0 Å². The van der Waals surface area contributed by atoms with Crippen molar-refractivity contribution < 1.29 is 4.79 Å². The van der Waals surface area contributed by atoms with E-state index in [0.717, 1.165) is 25.7 Å². The maximum Gasteiger partial charge on any atom is 0.273 e. The van der Waals surface area contributed by atoms with Crippen molar-refractivity contribution in [2.24, 2.45) is 0 Å². The molecule has 0 atom stereocenters.